The number of carbonyl (C=O) groups excluding carboxylic acids is 1. The molecule has 1 aromatic heterocycles. The molecule has 9 heteroatoms. The topological polar surface area (TPSA) is 70.2 Å². The van der Waals surface area contributed by atoms with Gasteiger partial charge in [0.25, 0.3) is 0 Å². The zero-order chi connectivity index (χ0) is 22.5. The van der Waals surface area contributed by atoms with E-state index in [0.717, 1.165) is 0 Å². The average molecular weight is 462 g/mol. The highest BCUT2D eigenvalue weighted by molar-refractivity contribution is 6.39. The molecule has 0 unspecified atom stereocenters. The fourth-order valence-corrected chi connectivity index (χ4v) is 3.21. The summed E-state index contributed by atoms with van der Waals surface area (Å²) in [5.74, 6) is -0.625. The summed E-state index contributed by atoms with van der Waals surface area (Å²) < 4.78 is 14.3. The summed E-state index contributed by atoms with van der Waals surface area (Å²) >= 11 is 12.4. The van der Waals surface area contributed by atoms with Gasteiger partial charge in [-0.15, -0.1) is 0 Å². The van der Waals surface area contributed by atoms with Gasteiger partial charge in [-0.05, 0) is 45.2 Å². The summed E-state index contributed by atoms with van der Waals surface area (Å²) in [4.78, 5) is 22.8. The molecule has 1 amide bonds. The highest BCUT2D eigenvalue weighted by atomic mass is 35.5. The van der Waals surface area contributed by atoms with Crippen LogP contribution in [0.15, 0.2) is 48.8 Å². The molecule has 162 valence electrons. The van der Waals surface area contributed by atoms with Gasteiger partial charge in [-0.3, -0.25) is 4.79 Å². The highest BCUT2D eigenvalue weighted by Crippen LogP contribution is 2.36. The molecule has 0 spiro atoms. The zero-order valence-corrected chi connectivity index (χ0v) is 18.8. The summed E-state index contributed by atoms with van der Waals surface area (Å²) in [6.07, 6.45) is 4.58. The second-order valence-electron chi connectivity index (χ2n) is 7.19. The van der Waals surface area contributed by atoms with Crippen LogP contribution in [0.3, 0.4) is 0 Å². The van der Waals surface area contributed by atoms with Crippen LogP contribution in [0, 0.1) is 5.82 Å². The molecule has 3 rings (SSSR count). The molecule has 2 aromatic carbocycles. The Balaban J connectivity index is 1.87. The van der Waals surface area contributed by atoms with Crippen LogP contribution in [0.4, 0.5) is 21.6 Å². The molecule has 0 saturated carbocycles. The average Bonchev–Trinajstić information content (AvgIpc) is 2.73. The van der Waals surface area contributed by atoms with Gasteiger partial charge in [0.05, 0.1) is 32.3 Å². The van der Waals surface area contributed by atoms with E-state index in [-0.39, 0.29) is 21.6 Å². The lowest BCUT2D eigenvalue weighted by Crippen LogP contribution is -2.26. The number of rotatable bonds is 7. The second kappa shape index (κ2) is 10.0. The first kappa shape index (κ1) is 22.9. The van der Waals surface area contributed by atoms with Crippen LogP contribution in [0.25, 0.3) is 10.9 Å². The first-order chi connectivity index (χ1) is 14.8. The Bertz CT molecular complexity index is 1140. The molecule has 0 bridgehead atoms. The zero-order valence-electron chi connectivity index (χ0n) is 17.3. The maximum atomic E-state index is 14.3. The van der Waals surface area contributed by atoms with E-state index in [9.17, 15) is 9.18 Å². The van der Waals surface area contributed by atoms with Crippen LogP contribution >= 0.6 is 23.2 Å². The largest absolute Gasteiger partial charge is 0.337 e. The van der Waals surface area contributed by atoms with Crippen LogP contribution in [0.2, 0.25) is 10.0 Å². The Hall–Kier alpha value is -2.74. The number of anilines is 3. The number of nitrogens with one attached hydrogen (secondary N) is 2. The molecule has 0 saturated heterocycles. The molecule has 0 aliphatic rings. The Kier molecular flexibility index (Phi) is 7.43. The fraction of sp³-hybridized carbons (Fsp3) is 0.227. The molecule has 0 radical (unpaired) electrons. The van der Waals surface area contributed by atoms with Crippen molar-refractivity contribution in [1.29, 1.82) is 0 Å². The van der Waals surface area contributed by atoms with Gasteiger partial charge in [-0.25, -0.2) is 14.4 Å². The van der Waals surface area contributed by atoms with Crippen molar-refractivity contribution in [2.45, 2.75) is 19.9 Å². The summed E-state index contributed by atoms with van der Waals surface area (Å²) in [6.45, 7) is 4.79. The van der Waals surface area contributed by atoms with E-state index in [4.69, 9.17) is 23.2 Å². The van der Waals surface area contributed by atoms with Gasteiger partial charge in [-0.1, -0.05) is 35.3 Å². The van der Waals surface area contributed by atoms with E-state index < -0.39 is 5.82 Å². The van der Waals surface area contributed by atoms with Crippen LogP contribution in [0.1, 0.15) is 13.8 Å². The smallest absolute Gasteiger partial charge is 0.248 e. The summed E-state index contributed by atoms with van der Waals surface area (Å²) in [7, 11) is 1.98. The van der Waals surface area contributed by atoms with Gasteiger partial charge in [0.2, 0.25) is 5.91 Å². The Morgan fingerprint density at radius 1 is 1.19 bits per heavy atom. The van der Waals surface area contributed by atoms with Crippen molar-refractivity contribution in [1.82, 2.24) is 14.9 Å². The Morgan fingerprint density at radius 2 is 1.97 bits per heavy atom. The normalized spacial score (nSPS) is 11.6. The molecule has 0 aliphatic heterocycles. The first-order valence-corrected chi connectivity index (χ1v) is 10.4. The van der Waals surface area contributed by atoms with Crippen molar-refractivity contribution in [2.24, 2.45) is 0 Å². The van der Waals surface area contributed by atoms with E-state index in [1.807, 2.05) is 7.05 Å². The fourth-order valence-electron chi connectivity index (χ4n) is 2.74. The first-order valence-electron chi connectivity index (χ1n) is 9.60. The number of benzene rings is 2. The Labute approximate surface area is 190 Å². The predicted molar refractivity (Wildman–Crippen MR) is 125 cm³/mol. The van der Waals surface area contributed by atoms with Crippen molar-refractivity contribution < 1.29 is 9.18 Å². The van der Waals surface area contributed by atoms with Gasteiger partial charge in [0, 0.05) is 18.7 Å². The number of aromatic nitrogens is 2. The molecular weight excluding hydrogens is 440 g/mol. The molecule has 6 nitrogen and oxygen atoms in total. The summed E-state index contributed by atoms with van der Waals surface area (Å²) in [5.41, 5.74) is 1.08. The van der Waals surface area contributed by atoms with Gasteiger partial charge < -0.3 is 15.5 Å². The predicted octanol–water partition coefficient (Wildman–Crippen LogP) is 5.65. The molecule has 0 fully saturated rings. The number of likely N-dealkylation sites (N-methyl/N-ethyl adjacent to an activating group) is 1. The summed E-state index contributed by atoms with van der Waals surface area (Å²) in [5, 5.41) is 6.34. The van der Waals surface area contributed by atoms with Crippen molar-refractivity contribution in [2.75, 3.05) is 24.2 Å². The van der Waals surface area contributed by atoms with Crippen molar-refractivity contribution in [3.05, 3.63) is 64.7 Å². The molecule has 0 aliphatic carbocycles. The third kappa shape index (κ3) is 5.50. The van der Waals surface area contributed by atoms with Crippen molar-refractivity contribution in [3.63, 3.8) is 0 Å². The molecule has 3 aromatic rings. The Morgan fingerprint density at radius 3 is 2.71 bits per heavy atom. The number of halogens is 3. The second-order valence-corrected chi connectivity index (χ2v) is 7.98. The number of nitrogens with zero attached hydrogens (tertiary/aromatic N) is 3. The molecular formula is C22H22Cl2FN5O. The van der Waals surface area contributed by atoms with E-state index in [2.05, 4.69) is 39.3 Å². The van der Waals surface area contributed by atoms with Gasteiger partial charge in [-0.2, -0.15) is 0 Å². The van der Waals surface area contributed by atoms with E-state index in [1.165, 1.54) is 24.5 Å². The minimum Gasteiger partial charge on any atom is -0.337 e. The van der Waals surface area contributed by atoms with E-state index in [0.29, 0.717) is 35.0 Å². The standard InChI is InChI=1S/C22H22Cl2FN5O/c1-13(2)30(3)11-5-8-18(31)28-16-10-9-15-19(20(16)24)22(27-12-26-15)29-17-7-4-6-14(23)21(17)25/h4-10,12-13H,11H2,1-3H3,(H,28,31)(H,26,27,29)/b8-5+. The molecule has 0 atom stereocenters. The lowest BCUT2D eigenvalue weighted by molar-refractivity contribution is -0.111. The van der Waals surface area contributed by atoms with Crippen LogP contribution in [-0.2, 0) is 4.79 Å². The molecule has 1 heterocycles. The lowest BCUT2D eigenvalue weighted by Gasteiger charge is -2.18. The molecule has 2 N–H and O–H groups in total. The van der Waals surface area contributed by atoms with Crippen LogP contribution in [-0.4, -0.2) is 40.4 Å². The van der Waals surface area contributed by atoms with E-state index in [1.54, 1.807) is 24.3 Å². The monoisotopic (exact) mass is 461 g/mol. The van der Waals surface area contributed by atoms with Gasteiger partial charge >= 0.3 is 0 Å². The highest BCUT2D eigenvalue weighted by Gasteiger charge is 2.15. The van der Waals surface area contributed by atoms with Crippen LogP contribution in [0.5, 0.6) is 0 Å². The SMILES string of the molecule is CC(C)N(C)C/C=C/C(=O)Nc1ccc2ncnc(Nc3cccc(Cl)c3F)c2c1Cl. The quantitative estimate of drug-likeness (QED) is 0.444. The number of fused-ring (bicyclic) bond motifs is 1. The van der Waals surface area contributed by atoms with Crippen LogP contribution < -0.4 is 10.6 Å². The number of carbonyl (C=O) groups is 1. The summed E-state index contributed by atoms with van der Waals surface area (Å²) in [6, 6.07) is 8.34. The van der Waals surface area contributed by atoms with Crippen molar-refractivity contribution >= 4 is 57.2 Å². The van der Waals surface area contributed by atoms with Crippen molar-refractivity contribution in [3.8, 4) is 0 Å². The minimum atomic E-state index is -0.604. The maximum absolute atomic E-state index is 14.3. The lowest BCUT2D eigenvalue weighted by atomic mass is 10.2. The maximum Gasteiger partial charge on any atom is 0.248 e. The third-order valence-electron chi connectivity index (χ3n) is 4.75. The van der Waals surface area contributed by atoms with E-state index >= 15 is 0 Å². The molecule has 31 heavy (non-hydrogen) atoms. The van der Waals surface area contributed by atoms with Gasteiger partial charge in [0.15, 0.2) is 5.82 Å². The number of hydrogen-bond acceptors (Lipinski definition) is 5. The number of hydrogen-bond donors (Lipinski definition) is 2. The minimum absolute atomic E-state index is 0.0164. The van der Waals surface area contributed by atoms with Gasteiger partial charge in [0.1, 0.15) is 12.1 Å². The number of amides is 1. The third-order valence-corrected chi connectivity index (χ3v) is 5.43.